The van der Waals surface area contributed by atoms with Crippen molar-refractivity contribution in [1.82, 2.24) is 15.6 Å². The molecule has 1 aromatic heterocycles. The molecule has 1 aliphatic heterocycles. The lowest BCUT2D eigenvalue weighted by Crippen LogP contribution is -2.30. The molecular formula is C21H26N4O2. The molecule has 1 aliphatic rings. The van der Waals surface area contributed by atoms with Crippen LogP contribution in [0.5, 0.6) is 0 Å². The molecule has 2 heterocycles. The molecule has 0 aliphatic carbocycles. The van der Waals surface area contributed by atoms with Gasteiger partial charge in [-0.05, 0) is 49.1 Å². The summed E-state index contributed by atoms with van der Waals surface area (Å²) < 4.78 is 0. The van der Waals surface area contributed by atoms with Gasteiger partial charge in [0, 0.05) is 44.4 Å². The van der Waals surface area contributed by atoms with E-state index in [4.69, 9.17) is 0 Å². The minimum Gasteiger partial charge on any atom is -0.357 e. The minimum absolute atomic E-state index is 0.0837. The van der Waals surface area contributed by atoms with Gasteiger partial charge in [-0.1, -0.05) is 18.2 Å². The summed E-state index contributed by atoms with van der Waals surface area (Å²) >= 11 is 0. The van der Waals surface area contributed by atoms with Crippen LogP contribution in [-0.2, 0) is 11.3 Å². The first-order valence-electron chi connectivity index (χ1n) is 9.44. The number of carbonyl (C=O) groups excluding carboxylic acids is 2. The number of pyridine rings is 1. The highest BCUT2D eigenvalue weighted by Gasteiger charge is 2.14. The van der Waals surface area contributed by atoms with E-state index in [2.05, 4.69) is 20.5 Å². The van der Waals surface area contributed by atoms with Crippen molar-refractivity contribution in [2.24, 2.45) is 0 Å². The molecule has 6 nitrogen and oxygen atoms in total. The molecule has 27 heavy (non-hydrogen) atoms. The quantitative estimate of drug-likeness (QED) is 0.789. The first-order chi connectivity index (χ1) is 13.1. The molecule has 2 N–H and O–H groups in total. The van der Waals surface area contributed by atoms with Gasteiger partial charge in [-0.15, -0.1) is 0 Å². The maximum Gasteiger partial charge on any atom is 0.251 e. The van der Waals surface area contributed by atoms with E-state index in [9.17, 15) is 9.59 Å². The van der Waals surface area contributed by atoms with Crippen molar-refractivity contribution in [3.63, 3.8) is 0 Å². The van der Waals surface area contributed by atoms with Gasteiger partial charge in [0.1, 0.15) is 5.82 Å². The number of aromatic nitrogens is 1. The number of nitrogens with one attached hydrogen (secondary N) is 2. The van der Waals surface area contributed by atoms with Crippen LogP contribution >= 0.6 is 0 Å². The molecule has 0 bridgehead atoms. The number of carbonyl (C=O) groups is 2. The van der Waals surface area contributed by atoms with Gasteiger partial charge in [0.05, 0.1) is 0 Å². The normalized spacial score (nSPS) is 13.4. The molecule has 0 atom stereocenters. The summed E-state index contributed by atoms with van der Waals surface area (Å²) in [5, 5.41) is 5.70. The maximum absolute atomic E-state index is 12.1. The van der Waals surface area contributed by atoms with E-state index in [0.29, 0.717) is 18.7 Å². The van der Waals surface area contributed by atoms with Crippen LogP contribution in [0.2, 0.25) is 0 Å². The average Bonchev–Trinajstić information content (AvgIpc) is 3.22. The fourth-order valence-electron chi connectivity index (χ4n) is 3.19. The topological polar surface area (TPSA) is 74.3 Å². The second-order valence-electron chi connectivity index (χ2n) is 6.81. The van der Waals surface area contributed by atoms with E-state index in [-0.39, 0.29) is 18.2 Å². The Labute approximate surface area is 160 Å². The van der Waals surface area contributed by atoms with Crippen molar-refractivity contribution < 1.29 is 9.59 Å². The van der Waals surface area contributed by atoms with E-state index < -0.39 is 0 Å². The van der Waals surface area contributed by atoms with Crippen LogP contribution in [0.25, 0.3) is 0 Å². The summed E-state index contributed by atoms with van der Waals surface area (Å²) in [5.74, 6) is 0.745. The molecule has 0 radical (unpaired) electrons. The summed E-state index contributed by atoms with van der Waals surface area (Å²) in [4.78, 5) is 30.9. The zero-order valence-electron chi connectivity index (χ0n) is 15.7. The third kappa shape index (κ3) is 5.29. The van der Waals surface area contributed by atoms with Gasteiger partial charge in [0.2, 0.25) is 5.91 Å². The summed E-state index contributed by atoms with van der Waals surface area (Å²) in [6, 6.07) is 11.4. The first-order valence-corrected chi connectivity index (χ1v) is 9.44. The molecule has 142 valence electrons. The van der Waals surface area contributed by atoms with Crippen LogP contribution < -0.4 is 15.5 Å². The van der Waals surface area contributed by atoms with Crippen LogP contribution in [0.15, 0.2) is 42.6 Å². The third-order valence-electron chi connectivity index (χ3n) is 4.76. The number of aryl methyl sites for hydroxylation is 1. The average molecular weight is 366 g/mol. The van der Waals surface area contributed by atoms with Crippen LogP contribution in [-0.4, -0.2) is 36.4 Å². The standard InChI is InChI=1S/C21H26N4O2/c1-16-6-2-3-7-18(16)21(27)23-11-9-20(26)24-15-17-8-10-22-19(14-17)25-12-4-5-13-25/h2-3,6-8,10,14H,4-5,9,11-13,15H2,1H3,(H,23,27)(H,24,26). The molecule has 2 aromatic rings. The number of amides is 2. The molecule has 6 heteroatoms. The lowest BCUT2D eigenvalue weighted by molar-refractivity contribution is -0.121. The van der Waals surface area contributed by atoms with Crippen molar-refractivity contribution in [1.29, 1.82) is 0 Å². The summed E-state index contributed by atoms with van der Waals surface area (Å²) in [6.07, 6.45) is 4.45. The van der Waals surface area contributed by atoms with Crippen molar-refractivity contribution in [3.8, 4) is 0 Å². The van der Waals surface area contributed by atoms with Crippen LogP contribution in [0, 0.1) is 6.92 Å². The monoisotopic (exact) mass is 366 g/mol. The van der Waals surface area contributed by atoms with Crippen molar-refractivity contribution in [2.45, 2.75) is 32.7 Å². The molecule has 3 rings (SSSR count). The zero-order valence-corrected chi connectivity index (χ0v) is 15.7. The highest BCUT2D eigenvalue weighted by molar-refractivity contribution is 5.95. The van der Waals surface area contributed by atoms with Gasteiger partial charge in [-0.25, -0.2) is 4.98 Å². The molecule has 1 aromatic carbocycles. The number of hydrogen-bond acceptors (Lipinski definition) is 4. The van der Waals surface area contributed by atoms with Gasteiger partial charge in [0.15, 0.2) is 0 Å². The number of anilines is 1. The molecule has 0 spiro atoms. The second-order valence-corrected chi connectivity index (χ2v) is 6.81. The Morgan fingerprint density at radius 3 is 2.67 bits per heavy atom. The molecule has 0 unspecified atom stereocenters. The first kappa shape index (κ1) is 18.9. The number of benzene rings is 1. The summed E-state index contributed by atoms with van der Waals surface area (Å²) in [5.41, 5.74) is 2.60. The van der Waals surface area contributed by atoms with E-state index >= 15 is 0 Å². The van der Waals surface area contributed by atoms with E-state index in [1.165, 1.54) is 12.8 Å². The van der Waals surface area contributed by atoms with Crippen LogP contribution in [0.4, 0.5) is 5.82 Å². The van der Waals surface area contributed by atoms with Gasteiger partial charge < -0.3 is 15.5 Å². The lowest BCUT2D eigenvalue weighted by Gasteiger charge is -2.17. The highest BCUT2D eigenvalue weighted by atomic mass is 16.2. The van der Waals surface area contributed by atoms with E-state index in [1.54, 1.807) is 12.3 Å². The number of nitrogens with zero attached hydrogens (tertiary/aromatic N) is 2. The van der Waals surface area contributed by atoms with Crippen molar-refractivity contribution >= 4 is 17.6 Å². The van der Waals surface area contributed by atoms with E-state index in [0.717, 1.165) is 30.0 Å². The third-order valence-corrected chi connectivity index (χ3v) is 4.76. The smallest absolute Gasteiger partial charge is 0.251 e. The summed E-state index contributed by atoms with van der Waals surface area (Å²) in [6.45, 7) is 4.77. The van der Waals surface area contributed by atoms with Crippen LogP contribution in [0.3, 0.4) is 0 Å². The Hall–Kier alpha value is -2.89. The van der Waals surface area contributed by atoms with Crippen molar-refractivity contribution in [2.75, 3.05) is 24.5 Å². The van der Waals surface area contributed by atoms with Crippen molar-refractivity contribution in [3.05, 3.63) is 59.3 Å². The number of rotatable bonds is 7. The zero-order chi connectivity index (χ0) is 19.1. The minimum atomic E-state index is -0.148. The molecule has 1 saturated heterocycles. The summed E-state index contributed by atoms with van der Waals surface area (Å²) in [7, 11) is 0. The van der Waals surface area contributed by atoms with Crippen LogP contribution in [0.1, 0.15) is 40.7 Å². The highest BCUT2D eigenvalue weighted by Crippen LogP contribution is 2.18. The van der Waals surface area contributed by atoms with Gasteiger partial charge in [0.25, 0.3) is 5.91 Å². The predicted octanol–water partition coefficient (Wildman–Crippen LogP) is 2.43. The molecule has 2 amide bonds. The molecule has 1 fully saturated rings. The SMILES string of the molecule is Cc1ccccc1C(=O)NCCC(=O)NCc1ccnc(N2CCCC2)c1. The molecule has 0 saturated carbocycles. The largest absolute Gasteiger partial charge is 0.357 e. The Morgan fingerprint density at radius 2 is 1.89 bits per heavy atom. The maximum atomic E-state index is 12.1. The Bertz CT molecular complexity index is 800. The Morgan fingerprint density at radius 1 is 1.11 bits per heavy atom. The van der Waals surface area contributed by atoms with Gasteiger partial charge in [-0.3, -0.25) is 9.59 Å². The lowest BCUT2D eigenvalue weighted by atomic mass is 10.1. The van der Waals surface area contributed by atoms with E-state index in [1.807, 2.05) is 37.3 Å². The molecular weight excluding hydrogens is 340 g/mol. The fourth-order valence-corrected chi connectivity index (χ4v) is 3.19. The second kappa shape index (κ2) is 9.16. The van der Waals surface area contributed by atoms with Gasteiger partial charge in [-0.2, -0.15) is 0 Å². The fraction of sp³-hybridized carbons (Fsp3) is 0.381. The predicted molar refractivity (Wildman–Crippen MR) is 106 cm³/mol. The Balaban J connectivity index is 1.41. The Kier molecular flexibility index (Phi) is 6.41. The number of hydrogen-bond donors (Lipinski definition) is 2. The van der Waals surface area contributed by atoms with Gasteiger partial charge >= 0.3 is 0 Å².